The standard InChI is InChI=1S/C18H35NO/c1-13(2)17(3,4)12-18(5,6)16(20)15-9-7-14(11-19)8-10-15/h13-15H,7-12,19H2,1-6H3. The molecule has 0 saturated heterocycles. The third-order valence-corrected chi connectivity index (χ3v) is 5.68. The SMILES string of the molecule is CC(C)C(C)(C)CC(C)(C)C(=O)C1CCC(CN)CC1. The predicted molar refractivity (Wildman–Crippen MR) is 86.5 cm³/mol. The summed E-state index contributed by atoms with van der Waals surface area (Å²) in [5.74, 6) is 2.01. The van der Waals surface area contributed by atoms with Crippen LogP contribution in [0.4, 0.5) is 0 Å². The van der Waals surface area contributed by atoms with Gasteiger partial charge in [-0.25, -0.2) is 0 Å². The van der Waals surface area contributed by atoms with Gasteiger partial charge in [0, 0.05) is 11.3 Å². The molecule has 0 atom stereocenters. The smallest absolute Gasteiger partial charge is 0.141 e. The highest BCUT2D eigenvalue weighted by Gasteiger charge is 2.40. The first-order chi connectivity index (χ1) is 9.10. The molecule has 0 aromatic rings. The summed E-state index contributed by atoms with van der Waals surface area (Å²) in [6, 6.07) is 0. The van der Waals surface area contributed by atoms with E-state index in [1.54, 1.807) is 0 Å². The molecule has 2 nitrogen and oxygen atoms in total. The number of rotatable bonds is 6. The third kappa shape index (κ3) is 4.31. The summed E-state index contributed by atoms with van der Waals surface area (Å²) in [6.45, 7) is 14.2. The zero-order valence-electron chi connectivity index (χ0n) is 14.5. The second-order valence-corrected chi connectivity index (χ2v) is 8.52. The maximum absolute atomic E-state index is 12.9. The van der Waals surface area contributed by atoms with Crippen LogP contribution in [0.15, 0.2) is 0 Å². The molecule has 0 aromatic carbocycles. The van der Waals surface area contributed by atoms with Crippen molar-refractivity contribution in [2.75, 3.05) is 6.54 Å². The largest absolute Gasteiger partial charge is 0.330 e. The van der Waals surface area contributed by atoms with Crippen LogP contribution in [0.5, 0.6) is 0 Å². The van der Waals surface area contributed by atoms with Gasteiger partial charge in [-0.3, -0.25) is 4.79 Å². The Morgan fingerprint density at radius 2 is 1.60 bits per heavy atom. The van der Waals surface area contributed by atoms with E-state index in [1.165, 1.54) is 0 Å². The molecule has 0 amide bonds. The lowest BCUT2D eigenvalue weighted by atomic mass is 9.64. The zero-order valence-corrected chi connectivity index (χ0v) is 14.5. The van der Waals surface area contributed by atoms with Crippen LogP contribution in [0.3, 0.4) is 0 Å². The van der Waals surface area contributed by atoms with Crippen molar-refractivity contribution in [3.8, 4) is 0 Å². The van der Waals surface area contributed by atoms with Crippen molar-refractivity contribution >= 4 is 5.78 Å². The summed E-state index contributed by atoms with van der Waals surface area (Å²) in [5.41, 5.74) is 5.76. The fourth-order valence-electron chi connectivity index (χ4n) is 3.64. The quantitative estimate of drug-likeness (QED) is 0.783. The van der Waals surface area contributed by atoms with E-state index >= 15 is 0 Å². The molecule has 1 saturated carbocycles. The Morgan fingerprint density at radius 3 is 2.00 bits per heavy atom. The number of carbonyl (C=O) groups is 1. The van der Waals surface area contributed by atoms with E-state index in [9.17, 15) is 4.79 Å². The first-order valence-corrected chi connectivity index (χ1v) is 8.34. The highest BCUT2D eigenvalue weighted by molar-refractivity contribution is 5.86. The first-order valence-electron chi connectivity index (χ1n) is 8.34. The third-order valence-electron chi connectivity index (χ3n) is 5.68. The summed E-state index contributed by atoms with van der Waals surface area (Å²) in [5, 5.41) is 0. The van der Waals surface area contributed by atoms with Gasteiger partial charge < -0.3 is 5.73 Å². The molecular formula is C18H35NO. The minimum atomic E-state index is -0.200. The van der Waals surface area contributed by atoms with Crippen LogP contribution in [0.25, 0.3) is 0 Å². The van der Waals surface area contributed by atoms with Crippen LogP contribution in [0.2, 0.25) is 0 Å². The van der Waals surface area contributed by atoms with Gasteiger partial charge in [-0.05, 0) is 55.9 Å². The van der Waals surface area contributed by atoms with E-state index in [2.05, 4.69) is 41.5 Å². The van der Waals surface area contributed by atoms with Crippen molar-refractivity contribution in [2.45, 2.75) is 73.6 Å². The van der Waals surface area contributed by atoms with E-state index < -0.39 is 0 Å². The van der Waals surface area contributed by atoms with Gasteiger partial charge in [0.15, 0.2) is 0 Å². The Kier molecular flexibility index (Phi) is 5.83. The van der Waals surface area contributed by atoms with Gasteiger partial charge in [0.1, 0.15) is 5.78 Å². The number of ketones is 1. The van der Waals surface area contributed by atoms with Gasteiger partial charge in [0.05, 0.1) is 0 Å². The molecular weight excluding hydrogens is 246 g/mol. The van der Waals surface area contributed by atoms with Gasteiger partial charge in [0.25, 0.3) is 0 Å². The molecule has 1 aliphatic carbocycles. The molecule has 1 rings (SSSR count). The lowest BCUT2D eigenvalue weighted by molar-refractivity contribution is -0.134. The highest BCUT2D eigenvalue weighted by atomic mass is 16.1. The molecule has 0 spiro atoms. The van der Waals surface area contributed by atoms with E-state index in [1.807, 2.05) is 0 Å². The number of Topliss-reactive ketones (excluding diaryl/α,β-unsaturated/α-hetero) is 1. The average Bonchev–Trinajstić information content (AvgIpc) is 2.36. The van der Waals surface area contributed by atoms with Gasteiger partial charge in [0.2, 0.25) is 0 Å². The van der Waals surface area contributed by atoms with E-state index in [0.717, 1.165) is 38.6 Å². The van der Waals surface area contributed by atoms with E-state index in [0.29, 0.717) is 17.6 Å². The average molecular weight is 281 g/mol. The molecule has 20 heavy (non-hydrogen) atoms. The molecule has 1 aliphatic rings. The monoisotopic (exact) mass is 281 g/mol. The molecule has 1 fully saturated rings. The van der Waals surface area contributed by atoms with Crippen molar-refractivity contribution in [3.63, 3.8) is 0 Å². The second-order valence-electron chi connectivity index (χ2n) is 8.52. The molecule has 118 valence electrons. The van der Waals surface area contributed by atoms with Crippen LogP contribution < -0.4 is 5.73 Å². The molecule has 0 radical (unpaired) electrons. The Labute approximate surface area is 125 Å². The fourth-order valence-corrected chi connectivity index (χ4v) is 3.64. The summed E-state index contributed by atoms with van der Waals surface area (Å²) in [4.78, 5) is 12.9. The summed E-state index contributed by atoms with van der Waals surface area (Å²) in [7, 11) is 0. The number of nitrogens with two attached hydrogens (primary N) is 1. The van der Waals surface area contributed by atoms with Crippen LogP contribution in [-0.2, 0) is 4.79 Å². The summed E-state index contributed by atoms with van der Waals surface area (Å²) >= 11 is 0. The second kappa shape index (κ2) is 6.60. The lowest BCUT2D eigenvalue weighted by Gasteiger charge is -2.39. The van der Waals surface area contributed by atoms with Crippen molar-refractivity contribution in [2.24, 2.45) is 34.3 Å². The van der Waals surface area contributed by atoms with Crippen LogP contribution in [-0.4, -0.2) is 12.3 Å². The van der Waals surface area contributed by atoms with Crippen LogP contribution in [0, 0.1) is 28.6 Å². The lowest BCUT2D eigenvalue weighted by Crippen LogP contribution is -2.38. The van der Waals surface area contributed by atoms with E-state index in [-0.39, 0.29) is 16.7 Å². The van der Waals surface area contributed by atoms with Gasteiger partial charge >= 0.3 is 0 Å². The zero-order chi connectivity index (χ0) is 15.6. The van der Waals surface area contributed by atoms with E-state index in [4.69, 9.17) is 5.73 Å². The Hall–Kier alpha value is -0.370. The topological polar surface area (TPSA) is 43.1 Å². The summed E-state index contributed by atoms with van der Waals surface area (Å²) < 4.78 is 0. The van der Waals surface area contributed by atoms with Gasteiger partial charge in [-0.1, -0.05) is 41.5 Å². The maximum atomic E-state index is 12.9. The minimum absolute atomic E-state index is 0.200. The minimum Gasteiger partial charge on any atom is -0.330 e. The molecule has 2 heteroatoms. The van der Waals surface area contributed by atoms with Crippen LogP contribution >= 0.6 is 0 Å². The predicted octanol–water partition coefficient (Wildman–Crippen LogP) is 4.42. The Morgan fingerprint density at radius 1 is 1.10 bits per heavy atom. The fraction of sp³-hybridized carbons (Fsp3) is 0.944. The van der Waals surface area contributed by atoms with Crippen molar-refractivity contribution < 1.29 is 4.79 Å². The highest BCUT2D eigenvalue weighted by Crippen LogP contribution is 2.42. The van der Waals surface area contributed by atoms with Crippen molar-refractivity contribution in [1.29, 1.82) is 0 Å². The van der Waals surface area contributed by atoms with Gasteiger partial charge in [-0.2, -0.15) is 0 Å². The molecule has 0 aliphatic heterocycles. The summed E-state index contributed by atoms with van der Waals surface area (Å²) in [6.07, 6.45) is 5.35. The number of carbonyl (C=O) groups excluding carboxylic acids is 1. The first kappa shape index (κ1) is 17.7. The number of hydrogen-bond donors (Lipinski definition) is 1. The Balaban J connectivity index is 2.66. The van der Waals surface area contributed by atoms with Crippen molar-refractivity contribution in [1.82, 2.24) is 0 Å². The normalized spacial score (nSPS) is 25.0. The molecule has 0 bridgehead atoms. The van der Waals surface area contributed by atoms with Gasteiger partial charge in [-0.15, -0.1) is 0 Å². The Bertz CT molecular complexity index is 322. The molecule has 0 heterocycles. The maximum Gasteiger partial charge on any atom is 0.141 e. The van der Waals surface area contributed by atoms with Crippen LogP contribution in [0.1, 0.15) is 73.6 Å². The molecule has 0 aromatic heterocycles. The van der Waals surface area contributed by atoms with Crippen molar-refractivity contribution in [3.05, 3.63) is 0 Å². The molecule has 0 unspecified atom stereocenters. The molecule has 2 N–H and O–H groups in total. The number of hydrogen-bond acceptors (Lipinski definition) is 2.